The molecule has 0 unspecified atom stereocenters. The van der Waals surface area contributed by atoms with Crippen molar-refractivity contribution in [1.82, 2.24) is 0 Å². The third kappa shape index (κ3) is 5.84. The zero-order valence-corrected chi connectivity index (χ0v) is 20.5. The summed E-state index contributed by atoms with van der Waals surface area (Å²) in [6, 6.07) is 21.3. The molecule has 0 bridgehead atoms. The maximum Gasteiger partial charge on any atom is 0.261 e. The van der Waals surface area contributed by atoms with Gasteiger partial charge in [0.25, 0.3) is 8.32 Å². The Hall–Kier alpha value is -2.31. The molecule has 0 aliphatic heterocycles. The van der Waals surface area contributed by atoms with Gasteiger partial charge < -0.3 is 4.43 Å². The first-order valence-electron chi connectivity index (χ1n) is 10.0. The topological polar surface area (TPSA) is 9.23 Å². The Balaban J connectivity index is 2.58. The highest BCUT2D eigenvalue weighted by Crippen LogP contribution is 2.36. The van der Waals surface area contributed by atoms with Gasteiger partial charge >= 0.3 is 0 Å². The molecule has 0 atom stereocenters. The van der Waals surface area contributed by atoms with Crippen LogP contribution in [0.15, 0.2) is 72.3 Å². The van der Waals surface area contributed by atoms with Gasteiger partial charge in [-0.2, -0.15) is 0 Å². The summed E-state index contributed by atoms with van der Waals surface area (Å²) in [5, 5.41) is 2.46. The van der Waals surface area contributed by atoms with Crippen LogP contribution in [0.2, 0.25) is 24.7 Å². The minimum atomic E-state index is -2.58. The Labute approximate surface area is 179 Å². The maximum absolute atomic E-state index is 6.93. The zero-order chi connectivity index (χ0) is 21.5. The van der Waals surface area contributed by atoms with Crippen molar-refractivity contribution in [2.24, 2.45) is 0 Å². The lowest BCUT2D eigenvalue weighted by Gasteiger charge is -2.43. The smallest absolute Gasteiger partial charge is 0.261 e. The van der Waals surface area contributed by atoms with Crippen LogP contribution >= 0.6 is 0 Å². The van der Waals surface area contributed by atoms with Gasteiger partial charge in [0.2, 0.25) is 0 Å². The number of rotatable bonds is 5. The normalized spacial score (nSPS) is 12.7. The summed E-state index contributed by atoms with van der Waals surface area (Å²) in [5.41, 5.74) is 4.30. The molecule has 2 aromatic rings. The van der Waals surface area contributed by atoms with Crippen molar-refractivity contribution in [1.29, 1.82) is 0 Å². The van der Waals surface area contributed by atoms with E-state index in [9.17, 15) is 0 Å². The Kier molecular flexibility index (Phi) is 7.50. The molecule has 0 N–H and O–H groups in total. The third-order valence-corrected chi connectivity index (χ3v) is 10.6. The molecule has 3 heteroatoms. The number of benzene rings is 2. The number of hydrogen-bond acceptors (Lipinski definition) is 1. The molecule has 0 aliphatic rings. The van der Waals surface area contributed by atoms with Crippen molar-refractivity contribution < 1.29 is 4.43 Å². The van der Waals surface area contributed by atoms with E-state index in [2.05, 4.69) is 118 Å². The Morgan fingerprint density at radius 2 is 1.41 bits per heavy atom. The van der Waals surface area contributed by atoms with Crippen molar-refractivity contribution in [3.8, 4) is 23.8 Å². The van der Waals surface area contributed by atoms with E-state index >= 15 is 0 Å². The van der Waals surface area contributed by atoms with E-state index in [-0.39, 0.29) is 5.04 Å². The van der Waals surface area contributed by atoms with Crippen molar-refractivity contribution in [2.45, 2.75) is 45.5 Å². The van der Waals surface area contributed by atoms with Gasteiger partial charge in [0.1, 0.15) is 8.07 Å². The molecule has 0 aromatic heterocycles. The molecule has 1 nitrogen and oxygen atoms in total. The molecule has 0 aliphatic carbocycles. The lowest BCUT2D eigenvalue weighted by Crippen LogP contribution is -2.66. The fourth-order valence-corrected chi connectivity index (χ4v) is 8.49. The molecule has 150 valence electrons. The second kappa shape index (κ2) is 9.46. The largest absolute Gasteiger partial charge is 0.402 e. The summed E-state index contributed by atoms with van der Waals surface area (Å²) in [5.74, 6) is 5.96. The molecule has 0 saturated carbocycles. The zero-order valence-electron chi connectivity index (χ0n) is 18.5. The monoisotopic (exact) mass is 416 g/mol. The molecule has 29 heavy (non-hydrogen) atoms. The molecule has 2 aromatic carbocycles. The Morgan fingerprint density at radius 1 is 0.931 bits per heavy atom. The van der Waals surface area contributed by atoms with Crippen molar-refractivity contribution in [2.75, 3.05) is 6.61 Å². The van der Waals surface area contributed by atoms with Gasteiger partial charge in [-0.1, -0.05) is 113 Å². The van der Waals surface area contributed by atoms with Crippen LogP contribution in [0, 0.1) is 23.8 Å². The number of terminal acetylenes is 1. The quantitative estimate of drug-likeness (QED) is 0.492. The molecule has 0 amide bonds. The second-order valence-corrected chi connectivity index (χ2v) is 18.3. The Bertz CT molecular complexity index is 888. The summed E-state index contributed by atoms with van der Waals surface area (Å²) in [6.45, 7) is 13.9. The highest BCUT2D eigenvalue weighted by Gasteiger charge is 2.50. The molecular formula is C26H32OSi2. The highest BCUT2D eigenvalue weighted by atomic mass is 28.4. The van der Waals surface area contributed by atoms with Gasteiger partial charge in [-0.15, -0.1) is 12.0 Å². The summed E-state index contributed by atoms with van der Waals surface area (Å²) in [4.78, 5) is 0. The fourth-order valence-electron chi connectivity index (χ4n) is 3.43. The van der Waals surface area contributed by atoms with Gasteiger partial charge in [-0.3, -0.25) is 0 Å². The maximum atomic E-state index is 6.93. The first kappa shape index (κ1) is 23.0. The average Bonchev–Trinajstić information content (AvgIpc) is 2.66. The predicted octanol–water partition coefficient (Wildman–Crippen LogP) is 5.00. The van der Waals surface area contributed by atoms with E-state index in [1.807, 2.05) is 0 Å². The molecular weight excluding hydrogens is 384 g/mol. The van der Waals surface area contributed by atoms with Crippen LogP contribution < -0.4 is 10.4 Å². The minimum Gasteiger partial charge on any atom is -0.402 e. The van der Waals surface area contributed by atoms with Crippen molar-refractivity contribution in [3.05, 3.63) is 72.3 Å². The average molecular weight is 417 g/mol. The second-order valence-electron chi connectivity index (χ2n) is 9.29. The molecule has 2 rings (SSSR count). The fraction of sp³-hybridized carbons (Fsp3) is 0.308. The van der Waals surface area contributed by atoms with Gasteiger partial charge in [0, 0.05) is 11.6 Å². The van der Waals surface area contributed by atoms with E-state index in [0.717, 1.165) is 5.57 Å². The van der Waals surface area contributed by atoms with Crippen molar-refractivity contribution >= 4 is 26.8 Å². The SMILES string of the molecule is C#C/C=C(\C#C[Si](C)(C)C)CO[Si](c1ccccc1)(c1ccccc1)C(C)(C)C. The van der Waals surface area contributed by atoms with Crippen LogP contribution in [-0.2, 0) is 4.43 Å². The Morgan fingerprint density at radius 3 is 1.79 bits per heavy atom. The first-order chi connectivity index (χ1) is 13.6. The van der Waals surface area contributed by atoms with Crippen LogP contribution in [0.5, 0.6) is 0 Å². The number of hydrogen-bond donors (Lipinski definition) is 0. The summed E-state index contributed by atoms with van der Waals surface area (Å²) >= 11 is 0. The van der Waals surface area contributed by atoms with Gasteiger partial charge in [0.15, 0.2) is 0 Å². The lowest BCUT2D eigenvalue weighted by atomic mass is 10.2. The summed E-state index contributed by atoms with van der Waals surface area (Å²) in [7, 11) is -4.09. The van der Waals surface area contributed by atoms with Gasteiger partial charge in [0.05, 0.1) is 6.61 Å². The van der Waals surface area contributed by atoms with Crippen molar-refractivity contribution in [3.63, 3.8) is 0 Å². The molecule has 0 fully saturated rings. The molecule has 0 spiro atoms. The van der Waals surface area contributed by atoms with E-state index in [1.165, 1.54) is 10.4 Å². The van der Waals surface area contributed by atoms with E-state index in [0.29, 0.717) is 6.61 Å². The van der Waals surface area contributed by atoms with E-state index in [4.69, 9.17) is 10.8 Å². The van der Waals surface area contributed by atoms with Crippen LogP contribution in [0.4, 0.5) is 0 Å². The minimum absolute atomic E-state index is 0.0663. The lowest BCUT2D eigenvalue weighted by molar-refractivity contribution is 0.334. The van der Waals surface area contributed by atoms with Gasteiger partial charge in [-0.25, -0.2) is 0 Å². The van der Waals surface area contributed by atoms with E-state index < -0.39 is 16.4 Å². The highest BCUT2D eigenvalue weighted by molar-refractivity contribution is 6.99. The van der Waals surface area contributed by atoms with Crippen LogP contribution in [0.3, 0.4) is 0 Å². The standard InChI is InChI=1S/C26H32OSi2/c1-8-15-23(20-21-28(5,6)7)22-27-29(26(2,3)4,24-16-11-9-12-17-24)25-18-13-10-14-19-25/h1,9-19H,22H2,2-7H3/b23-15+. The number of allylic oxidation sites excluding steroid dienone is 1. The van der Waals surface area contributed by atoms with E-state index in [1.54, 1.807) is 6.08 Å². The molecule has 0 heterocycles. The predicted molar refractivity (Wildman–Crippen MR) is 132 cm³/mol. The van der Waals surface area contributed by atoms with Crippen LogP contribution in [0.25, 0.3) is 0 Å². The van der Waals surface area contributed by atoms with Gasteiger partial charge in [-0.05, 0) is 15.4 Å². The first-order valence-corrected chi connectivity index (χ1v) is 15.4. The summed E-state index contributed by atoms with van der Waals surface area (Å²) < 4.78 is 6.93. The molecule has 0 saturated heterocycles. The van der Waals surface area contributed by atoms with Crippen LogP contribution in [-0.4, -0.2) is 23.0 Å². The third-order valence-electron chi connectivity index (χ3n) is 4.72. The van der Waals surface area contributed by atoms with Crippen LogP contribution in [0.1, 0.15) is 20.8 Å². The summed E-state index contributed by atoms with van der Waals surface area (Å²) in [6.07, 6.45) is 7.34. The molecule has 0 radical (unpaired) electrons.